The fourth-order valence-corrected chi connectivity index (χ4v) is 1.68. The van der Waals surface area contributed by atoms with E-state index in [0.717, 1.165) is 4.78 Å². The van der Waals surface area contributed by atoms with Crippen molar-refractivity contribution < 1.29 is 9.76 Å². The predicted octanol–water partition coefficient (Wildman–Crippen LogP) is 1.54. The highest BCUT2D eigenvalue weighted by atomic mass is 32.1. The average Bonchev–Trinajstić information content (AvgIpc) is 2.51. The number of hydrogen-bond acceptors (Lipinski definition) is 4. The number of nitrogens with zero attached hydrogens (tertiary/aromatic N) is 1. The number of aromatic nitrogens is 1. The summed E-state index contributed by atoms with van der Waals surface area (Å²) < 4.78 is 6.94. The van der Waals surface area contributed by atoms with Crippen molar-refractivity contribution in [2.45, 2.75) is 45.7 Å². The lowest BCUT2D eigenvalue weighted by Gasteiger charge is -2.39. The van der Waals surface area contributed by atoms with E-state index < -0.39 is 11.2 Å². The molecule has 0 aliphatic carbocycles. The smallest absolute Gasteiger partial charge is 0.336 e. The standard InChI is InChI=1S/C10H18BNO2S/c1-9(2,13)10(3,4)14-11(5)8-6-12-7-15-8/h6-7,13H,1-5H3. The van der Waals surface area contributed by atoms with Gasteiger partial charge in [-0.15, -0.1) is 11.3 Å². The summed E-state index contributed by atoms with van der Waals surface area (Å²) in [4.78, 5) is 4.01. The predicted molar refractivity (Wildman–Crippen MR) is 64.8 cm³/mol. The SMILES string of the molecule is CB(OC(C)(C)C(C)(C)O)c1cncs1. The Kier molecular flexibility index (Phi) is 3.58. The number of thiazole rings is 1. The minimum Gasteiger partial charge on any atom is -0.423 e. The van der Waals surface area contributed by atoms with E-state index in [-0.39, 0.29) is 6.92 Å². The first-order valence-electron chi connectivity index (χ1n) is 5.02. The molecule has 0 saturated heterocycles. The summed E-state index contributed by atoms with van der Waals surface area (Å²) in [7, 11) is 0. The van der Waals surface area contributed by atoms with Crippen molar-refractivity contribution in [3.8, 4) is 0 Å². The van der Waals surface area contributed by atoms with Crippen molar-refractivity contribution in [2.24, 2.45) is 0 Å². The van der Waals surface area contributed by atoms with Crippen LogP contribution in [-0.2, 0) is 4.65 Å². The number of aliphatic hydroxyl groups is 1. The van der Waals surface area contributed by atoms with E-state index in [9.17, 15) is 5.11 Å². The van der Waals surface area contributed by atoms with Gasteiger partial charge in [0.05, 0.1) is 16.7 Å². The Morgan fingerprint density at radius 3 is 2.40 bits per heavy atom. The molecule has 0 amide bonds. The number of rotatable bonds is 4. The third-order valence-electron chi connectivity index (χ3n) is 2.80. The van der Waals surface area contributed by atoms with Crippen LogP contribution in [0.2, 0.25) is 6.82 Å². The zero-order valence-electron chi connectivity index (χ0n) is 9.94. The molecule has 0 fully saturated rings. The fourth-order valence-electron chi connectivity index (χ4n) is 1.07. The van der Waals surface area contributed by atoms with E-state index in [0.29, 0.717) is 0 Å². The molecule has 1 aromatic rings. The molecular formula is C10H18BNO2S. The van der Waals surface area contributed by atoms with Gasteiger partial charge < -0.3 is 9.76 Å². The van der Waals surface area contributed by atoms with E-state index in [1.807, 2.05) is 20.7 Å². The van der Waals surface area contributed by atoms with E-state index in [1.54, 1.807) is 36.9 Å². The molecule has 1 N–H and O–H groups in total. The molecule has 3 nitrogen and oxygen atoms in total. The summed E-state index contributed by atoms with van der Waals surface area (Å²) in [6.45, 7) is 9.23. The minimum atomic E-state index is -0.869. The molecule has 1 heterocycles. The third kappa shape index (κ3) is 3.03. The normalized spacial score (nSPS) is 12.9. The van der Waals surface area contributed by atoms with Crippen LogP contribution in [0.15, 0.2) is 11.7 Å². The summed E-state index contributed by atoms with van der Waals surface area (Å²) >= 11 is 1.56. The molecule has 84 valence electrons. The van der Waals surface area contributed by atoms with Crippen LogP contribution in [0.25, 0.3) is 0 Å². The van der Waals surface area contributed by atoms with Crippen LogP contribution < -0.4 is 4.78 Å². The van der Waals surface area contributed by atoms with Crippen LogP contribution in [0.3, 0.4) is 0 Å². The summed E-state index contributed by atoms with van der Waals surface area (Å²) in [5.74, 6) is 0. The maximum Gasteiger partial charge on any atom is 0.336 e. The van der Waals surface area contributed by atoms with Crippen molar-refractivity contribution in [1.29, 1.82) is 0 Å². The average molecular weight is 227 g/mol. The van der Waals surface area contributed by atoms with Crippen LogP contribution >= 0.6 is 11.3 Å². The topological polar surface area (TPSA) is 42.4 Å². The highest BCUT2D eigenvalue weighted by Crippen LogP contribution is 2.25. The van der Waals surface area contributed by atoms with Crippen molar-refractivity contribution >= 4 is 23.0 Å². The first-order valence-corrected chi connectivity index (χ1v) is 5.90. The third-order valence-corrected chi connectivity index (χ3v) is 3.73. The van der Waals surface area contributed by atoms with Gasteiger partial charge in [0.15, 0.2) is 0 Å². The summed E-state index contributed by atoms with van der Waals surface area (Å²) in [6, 6.07) is 0. The van der Waals surface area contributed by atoms with Crippen molar-refractivity contribution in [2.75, 3.05) is 0 Å². The maximum atomic E-state index is 9.95. The molecular weight excluding hydrogens is 209 g/mol. The largest absolute Gasteiger partial charge is 0.423 e. The molecule has 0 aliphatic rings. The lowest BCUT2D eigenvalue weighted by molar-refractivity contribution is -0.0917. The van der Waals surface area contributed by atoms with E-state index in [2.05, 4.69) is 4.98 Å². The van der Waals surface area contributed by atoms with Gasteiger partial charge >= 0.3 is 6.92 Å². The highest BCUT2D eigenvalue weighted by Gasteiger charge is 2.38. The van der Waals surface area contributed by atoms with Crippen molar-refractivity contribution in [3.05, 3.63) is 11.7 Å². The van der Waals surface area contributed by atoms with Gasteiger partial charge in [-0.25, -0.2) is 0 Å². The fraction of sp³-hybridized carbons (Fsp3) is 0.700. The first-order chi connectivity index (χ1) is 6.74. The van der Waals surface area contributed by atoms with E-state index in [1.165, 1.54) is 0 Å². The molecule has 0 spiro atoms. The maximum absolute atomic E-state index is 9.95. The molecule has 1 aromatic heterocycles. The Bertz CT molecular complexity index is 306. The van der Waals surface area contributed by atoms with Crippen molar-refractivity contribution in [3.63, 3.8) is 0 Å². The molecule has 0 atom stereocenters. The molecule has 5 heteroatoms. The summed E-state index contributed by atoms with van der Waals surface area (Å²) in [5.41, 5.74) is 0.328. The van der Waals surface area contributed by atoms with E-state index in [4.69, 9.17) is 4.65 Å². The summed E-state index contributed by atoms with van der Waals surface area (Å²) in [5, 5.41) is 9.95. The van der Waals surface area contributed by atoms with Gasteiger partial charge in [0, 0.05) is 11.0 Å². The van der Waals surface area contributed by atoms with Gasteiger partial charge in [0.25, 0.3) is 0 Å². The van der Waals surface area contributed by atoms with Gasteiger partial charge in [-0.2, -0.15) is 0 Å². The minimum absolute atomic E-state index is 0.0427. The molecule has 0 bridgehead atoms. The second-order valence-corrected chi connectivity index (χ2v) is 5.65. The van der Waals surface area contributed by atoms with Gasteiger partial charge in [0.2, 0.25) is 0 Å². The molecule has 0 aliphatic heterocycles. The van der Waals surface area contributed by atoms with Gasteiger partial charge in [-0.3, -0.25) is 4.98 Å². The highest BCUT2D eigenvalue weighted by molar-refractivity contribution is 7.20. The van der Waals surface area contributed by atoms with Crippen LogP contribution in [-0.4, -0.2) is 28.2 Å². The molecule has 0 saturated carbocycles. The Morgan fingerprint density at radius 1 is 1.40 bits per heavy atom. The Labute approximate surface area is 95.6 Å². The zero-order chi connectivity index (χ0) is 11.7. The van der Waals surface area contributed by atoms with Crippen LogP contribution in [0.1, 0.15) is 27.7 Å². The Balaban J connectivity index is 2.70. The molecule has 15 heavy (non-hydrogen) atoms. The van der Waals surface area contributed by atoms with Crippen LogP contribution in [0.4, 0.5) is 0 Å². The second-order valence-electron chi connectivity index (χ2n) is 4.73. The van der Waals surface area contributed by atoms with Crippen molar-refractivity contribution in [1.82, 2.24) is 4.98 Å². The van der Waals surface area contributed by atoms with Gasteiger partial charge in [-0.1, -0.05) is 6.82 Å². The van der Waals surface area contributed by atoms with Gasteiger partial charge in [0.1, 0.15) is 0 Å². The zero-order valence-corrected chi connectivity index (χ0v) is 10.8. The Morgan fingerprint density at radius 2 is 2.00 bits per heavy atom. The number of hydrogen-bond donors (Lipinski definition) is 1. The quantitative estimate of drug-likeness (QED) is 0.793. The van der Waals surface area contributed by atoms with Crippen LogP contribution in [0.5, 0.6) is 0 Å². The first kappa shape index (κ1) is 12.7. The summed E-state index contributed by atoms with van der Waals surface area (Å²) in [6.07, 6.45) is 1.80. The molecule has 0 aromatic carbocycles. The molecule has 1 rings (SSSR count). The Hall–Kier alpha value is -0.385. The van der Waals surface area contributed by atoms with E-state index >= 15 is 0 Å². The van der Waals surface area contributed by atoms with Gasteiger partial charge in [-0.05, 0) is 27.7 Å². The lowest BCUT2D eigenvalue weighted by Crippen LogP contribution is -2.51. The molecule has 0 radical (unpaired) electrons. The van der Waals surface area contributed by atoms with Crippen LogP contribution in [0, 0.1) is 0 Å². The molecule has 0 unspecified atom stereocenters. The monoisotopic (exact) mass is 227 g/mol. The second kappa shape index (κ2) is 4.24. The lowest BCUT2D eigenvalue weighted by atomic mass is 9.68.